The Kier molecular flexibility index (Phi) is 3.30. The fourth-order valence-corrected chi connectivity index (χ4v) is 2.38. The highest BCUT2D eigenvalue weighted by molar-refractivity contribution is 9.10. The van der Waals surface area contributed by atoms with E-state index >= 15 is 0 Å². The lowest BCUT2D eigenvalue weighted by Crippen LogP contribution is -2.19. The van der Waals surface area contributed by atoms with Crippen molar-refractivity contribution in [3.63, 3.8) is 0 Å². The fraction of sp³-hybridized carbons (Fsp3) is 0.333. The molecule has 0 aliphatic carbocycles. The van der Waals surface area contributed by atoms with E-state index in [2.05, 4.69) is 20.9 Å². The van der Waals surface area contributed by atoms with E-state index in [0.29, 0.717) is 22.5 Å². The number of hydrogen-bond acceptors (Lipinski definition) is 4. The van der Waals surface area contributed by atoms with Crippen LogP contribution in [0, 0.1) is 6.92 Å². The smallest absolute Gasteiger partial charge is 0.283 e. The van der Waals surface area contributed by atoms with E-state index in [1.807, 2.05) is 6.92 Å². The number of aryl methyl sites for hydroxylation is 2. The number of methoxy groups -OCH3 is 2. The van der Waals surface area contributed by atoms with Crippen molar-refractivity contribution in [3.8, 4) is 11.5 Å². The molecule has 5 nitrogen and oxygen atoms in total. The summed E-state index contributed by atoms with van der Waals surface area (Å²) in [5, 5.41) is 0. The van der Waals surface area contributed by atoms with Crippen LogP contribution >= 0.6 is 15.9 Å². The summed E-state index contributed by atoms with van der Waals surface area (Å²) in [5.74, 6) is 1.21. The fourth-order valence-electron chi connectivity index (χ4n) is 1.94. The van der Waals surface area contributed by atoms with Crippen molar-refractivity contribution in [2.24, 2.45) is 7.05 Å². The van der Waals surface area contributed by atoms with Crippen LogP contribution < -0.4 is 15.0 Å². The molecule has 2 aromatic rings. The van der Waals surface area contributed by atoms with Crippen molar-refractivity contribution in [1.29, 1.82) is 0 Å². The number of halogens is 1. The summed E-state index contributed by atoms with van der Waals surface area (Å²) in [6, 6.07) is 1.75. The molecule has 0 N–H and O–H groups in total. The average molecular weight is 313 g/mol. The Labute approximate surface area is 112 Å². The van der Waals surface area contributed by atoms with Crippen LogP contribution in [-0.4, -0.2) is 23.8 Å². The highest BCUT2D eigenvalue weighted by Gasteiger charge is 2.16. The Morgan fingerprint density at radius 1 is 1.33 bits per heavy atom. The van der Waals surface area contributed by atoms with Gasteiger partial charge in [0.25, 0.3) is 5.56 Å². The Hall–Kier alpha value is -1.56. The van der Waals surface area contributed by atoms with E-state index in [-0.39, 0.29) is 10.2 Å². The van der Waals surface area contributed by atoms with Crippen molar-refractivity contribution < 1.29 is 9.47 Å². The molecular weight excluding hydrogens is 300 g/mol. The Balaban J connectivity index is 3.00. The van der Waals surface area contributed by atoms with Crippen molar-refractivity contribution in [1.82, 2.24) is 9.55 Å². The summed E-state index contributed by atoms with van der Waals surface area (Å²) in [5.41, 5.74) is 2.07. The van der Waals surface area contributed by atoms with Gasteiger partial charge in [-0.2, -0.15) is 0 Å². The van der Waals surface area contributed by atoms with Gasteiger partial charge in [0.2, 0.25) is 0 Å². The minimum absolute atomic E-state index is 0.186. The zero-order valence-electron chi connectivity index (χ0n) is 10.6. The Bertz CT molecular complexity index is 679. The van der Waals surface area contributed by atoms with Crippen molar-refractivity contribution in [2.45, 2.75) is 6.92 Å². The predicted molar refractivity (Wildman–Crippen MR) is 72.5 cm³/mol. The molecule has 0 atom stereocenters. The first-order valence-corrected chi connectivity index (χ1v) is 6.08. The standard InChI is InChI=1S/C12H13BrN2O3/c1-6-9-7(5-8(17-3)10(6)18-4)15(2)12(16)11(13)14-9/h5H,1-4H3. The number of rotatable bonds is 2. The minimum Gasteiger partial charge on any atom is -0.493 e. The number of fused-ring (bicyclic) bond motifs is 1. The zero-order chi connectivity index (χ0) is 13.4. The van der Waals surface area contributed by atoms with E-state index < -0.39 is 0 Å². The monoisotopic (exact) mass is 312 g/mol. The Morgan fingerprint density at radius 3 is 2.56 bits per heavy atom. The summed E-state index contributed by atoms with van der Waals surface area (Å²) in [6.07, 6.45) is 0. The quantitative estimate of drug-likeness (QED) is 0.851. The first kappa shape index (κ1) is 12.9. The van der Waals surface area contributed by atoms with Crippen LogP contribution in [0.2, 0.25) is 0 Å². The van der Waals surface area contributed by atoms with E-state index in [1.165, 1.54) is 4.57 Å². The predicted octanol–water partition coefficient (Wildman–Crippen LogP) is 2.02. The molecule has 0 radical (unpaired) electrons. The van der Waals surface area contributed by atoms with Crippen LogP contribution in [-0.2, 0) is 7.05 Å². The Morgan fingerprint density at radius 2 is 2.00 bits per heavy atom. The molecule has 2 rings (SSSR count). The zero-order valence-corrected chi connectivity index (χ0v) is 12.2. The molecule has 0 saturated carbocycles. The summed E-state index contributed by atoms with van der Waals surface area (Å²) in [7, 11) is 4.84. The first-order valence-electron chi connectivity index (χ1n) is 5.29. The highest BCUT2D eigenvalue weighted by atomic mass is 79.9. The number of aromatic nitrogens is 2. The van der Waals surface area contributed by atoms with Gasteiger partial charge in [-0.25, -0.2) is 4.98 Å². The van der Waals surface area contributed by atoms with Crippen molar-refractivity contribution in [2.75, 3.05) is 14.2 Å². The second-order valence-corrected chi connectivity index (χ2v) is 4.62. The molecule has 1 aromatic heterocycles. The molecule has 0 amide bonds. The van der Waals surface area contributed by atoms with Crippen molar-refractivity contribution >= 4 is 27.0 Å². The van der Waals surface area contributed by atoms with Gasteiger partial charge in [0.05, 0.1) is 25.3 Å². The van der Waals surface area contributed by atoms with Gasteiger partial charge in [0, 0.05) is 18.7 Å². The van der Waals surface area contributed by atoms with Gasteiger partial charge in [-0.3, -0.25) is 4.79 Å². The topological polar surface area (TPSA) is 53.3 Å². The number of ether oxygens (including phenoxy) is 2. The summed E-state index contributed by atoms with van der Waals surface area (Å²) in [4.78, 5) is 16.1. The molecule has 0 bridgehead atoms. The summed E-state index contributed by atoms with van der Waals surface area (Å²) < 4.78 is 12.4. The van der Waals surface area contributed by atoms with Crippen molar-refractivity contribution in [3.05, 3.63) is 26.6 Å². The minimum atomic E-state index is -0.186. The second-order valence-electron chi connectivity index (χ2n) is 3.87. The third kappa shape index (κ3) is 1.77. The van der Waals surface area contributed by atoms with Crippen LogP contribution in [0.1, 0.15) is 5.56 Å². The maximum Gasteiger partial charge on any atom is 0.283 e. The van der Waals surface area contributed by atoms with Crippen LogP contribution in [0.4, 0.5) is 0 Å². The molecular formula is C12H13BrN2O3. The van der Waals surface area contributed by atoms with Gasteiger partial charge in [0.15, 0.2) is 16.1 Å². The molecule has 96 valence electrons. The van der Waals surface area contributed by atoms with Crippen LogP contribution in [0.25, 0.3) is 11.0 Å². The van der Waals surface area contributed by atoms with E-state index in [0.717, 1.165) is 5.56 Å². The number of benzene rings is 1. The summed E-state index contributed by atoms with van der Waals surface area (Å²) >= 11 is 3.17. The van der Waals surface area contributed by atoms with E-state index in [1.54, 1.807) is 27.3 Å². The normalized spacial score (nSPS) is 10.7. The average Bonchev–Trinajstić information content (AvgIpc) is 2.37. The maximum absolute atomic E-state index is 11.8. The molecule has 1 heterocycles. The molecule has 6 heteroatoms. The molecule has 1 aromatic carbocycles. The molecule has 0 fully saturated rings. The van der Waals surface area contributed by atoms with Gasteiger partial charge < -0.3 is 14.0 Å². The largest absolute Gasteiger partial charge is 0.493 e. The van der Waals surface area contributed by atoms with Gasteiger partial charge in [-0.15, -0.1) is 0 Å². The summed E-state index contributed by atoms with van der Waals surface area (Å²) in [6.45, 7) is 1.88. The second kappa shape index (κ2) is 4.61. The lowest BCUT2D eigenvalue weighted by atomic mass is 10.1. The third-order valence-electron chi connectivity index (χ3n) is 2.91. The SMILES string of the molecule is COc1cc2c(nc(Br)c(=O)n2C)c(C)c1OC. The maximum atomic E-state index is 11.8. The van der Waals surface area contributed by atoms with Gasteiger partial charge in [0.1, 0.15) is 0 Å². The van der Waals surface area contributed by atoms with Gasteiger partial charge in [-0.1, -0.05) is 0 Å². The van der Waals surface area contributed by atoms with Crippen LogP contribution in [0.5, 0.6) is 11.5 Å². The number of hydrogen-bond donors (Lipinski definition) is 0. The molecule has 0 saturated heterocycles. The molecule has 0 unspecified atom stereocenters. The van der Waals surface area contributed by atoms with E-state index in [4.69, 9.17) is 9.47 Å². The van der Waals surface area contributed by atoms with Gasteiger partial charge >= 0.3 is 0 Å². The van der Waals surface area contributed by atoms with Crippen LogP contribution in [0.3, 0.4) is 0 Å². The van der Waals surface area contributed by atoms with Crippen LogP contribution in [0.15, 0.2) is 15.5 Å². The highest BCUT2D eigenvalue weighted by Crippen LogP contribution is 2.35. The van der Waals surface area contributed by atoms with E-state index in [9.17, 15) is 4.79 Å². The molecule has 0 aliphatic heterocycles. The first-order chi connectivity index (χ1) is 8.51. The third-order valence-corrected chi connectivity index (χ3v) is 3.42. The molecule has 18 heavy (non-hydrogen) atoms. The lowest BCUT2D eigenvalue weighted by molar-refractivity contribution is 0.353. The molecule has 0 spiro atoms. The lowest BCUT2D eigenvalue weighted by Gasteiger charge is -2.14. The molecule has 0 aliphatic rings. The van der Waals surface area contributed by atoms with Gasteiger partial charge in [-0.05, 0) is 22.9 Å². The number of nitrogens with zero attached hydrogens (tertiary/aromatic N) is 2.